The number of nitrogens with zero attached hydrogens (tertiary/aromatic N) is 2. The monoisotopic (exact) mass is 352 g/mol. The molecule has 0 N–H and O–H groups in total. The van der Waals surface area contributed by atoms with E-state index in [4.69, 9.17) is 4.98 Å². The van der Waals surface area contributed by atoms with Crippen LogP contribution in [0.4, 0.5) is 4.39 Å². The van der Waals surface area contributed by atoms with Gasteiger partial charge in [-0.25, -0.2) is 9.37 Å². The van der Waals surface area contributed by atoms with Gasteiger partial charge >= 0.3 is 0 Å². The molecule has 0 amide bonds. The van der Waals surface area contributed by atoms with Crippen LogP contribution >= 0.6 is 11.8 Å². The summed E-state index contributed by atoms with van der Waals surface area (Å²) < 4.78 is 12.0. The maximum atomic E-state index is 12.0. The third kappa shape index (κ3) is 3.29. The Bertz CT molecular complexity index is 1010. The highest BCUT2D eigenvalue weighted by molar-refractivity contribution is 7.99. The summed E-state index contributed by atoms with van der Waals surface area (Å²) in [4.78, 5) is 7.07. The molecule has 0 radical (unpaired) electrons. The summed E-state index contributed by atoms with van der Waals surface area (Å²) in [6.45, 7) is 0. The van der Waals surface area contributed by atoms with Gasteiger partial charge in [-0.05, 0) is 50.4 Å². The molecule has 128 valence electrons. The van der Waals surface area contributed by atoms with Crippen molar-refractivity contribution < 1.29 is 4.39 Å². The van der Waals surface area contributed by atoms with E-state index >= 15 is 0 Å². The molecular weight excluding hydrogens is 331 g/mol. The summed E-state index contributed by atoms with van der Waals surface area (Å²) in [5.74, 6) is 1.09. The molecule has 0 aliphatic heterocycles. The largest absolute Gasteiger partial charge is 0.303 e. The van der Waals surface area contributed by atoms with Crippen molar-refractivity contribution in [2.75, 3.05) is 19.8 Å². The van der Waals surface area contributed by atoms with Crippen molar-refractivity contribution in [3.05, 3.63) is 70.9 Å². The molecule has 1 aromatic heterocycles. The summed E-state index contributed by atoms with van der Waals surface area (Å²) in [5, 5.41) is 4.23. The van der Waals surface area contributed by atoms with Crippen molar-refractivity contribution in [1.29, 1.82) is 0 Å². The fraction of sp³-hybridized carbons (Fsp3) is 0.286. The number of hydrogen-bond donors (Lipinski definition) is 0. The zero-order valence-electron chi connectivity index (χ0n) is 14.5. The third-order valence-corrected chi connectivity index (χ3v) is 6.32. The molecule has 0 bridgehead atoms. The smallest absolute Gasteiger partial charge is 0.131 e. The van der Waals surface area contributed by atoms with Crippen LogP contribution in [0.2, 0.25) is 0 Å². The Morgan fingerprint density at radius 3 is 2.40 bits per heavy atom. The van der Waals surface area contributed by atoms with Crippen LogP contribution in [0.15, 0.2) is 59.6 Å². The van der Waals surface area contributed by atoms with Gasteiger partial charge in [0.25, 0.3) is 0 Å². The van der Waals surface area contributed by atoms with E-state index in [1.54, 1.807) is 6.07 Å². The Hall–Kier alpha value is -1.91. The van der Waals surface area contributed by atoms with Crippen LogP contribution in [0.5, 0.6) is 0 Å². The quantitative estimate of drug-likeness (QED) is 0.489. The minimum absolute atomic E-state index is 0.0579. The predicted molar refractivity (Wildman–Crippen MR) is 102 cm³/mol. The average molecular weight is 352 g/mol. The van der Waals surface area contributed by atoms with E-state index in [9.17, 15) is 4.39 Å². The second-order valence-electron chi connectivity index (χ2n) is 6.94. The molecule has 3 aliphatic rings. The van der Waals surface area contributed by atoms with E-state index in [0.29, 0.717) is 5.54 Å². The molecule has 2 aromatic rings. The number of hydrogen-bond acceptors (Lipinski definition) is 3. The Labute approximate surface area is 151 Å². The lowest BCUT2D eigenvalue weighted by Gasteiger charge is -2.22. The van der Waals surface area contributed by atoms with Gasteiger partial charge in [0.15, 0.2) is 0 Å². The first kappa shape index (κ1) is 16.6. The van der Waals surface area contributed by atoms with Gasteiger partial charge in [0.1, 0.15) is 5.82 Å². The Morgan fingerprint density at radius 1 is 1.08 bits per heavy atom. The van der Waals surface area contributed by atoms with Crippen LogP contribution in [0.1, 0.15) is 12.8 Å². The highest BCUT2D eigenvalue weighted by atomic mass is 32.2. The normalized spacial score (nSPS) is 15.7. The lowest BCUT2D eigenvalue weighted by atomic mass is 10.1. The molecule has 1 heterocycles. The average Bonchev–Trinajstić information content (AvgIpc) is 3.39. The third-order valence-electron chi connectivity index (χ3n) is 5.12. The number of thioether (sulfide) groups is 1. The number of para-hydroxylation sites is 1. The van der Waals surface area contributed by atoms with Gasteiger partial charge in [-0.2, -0.15) is 0 Å². The number of aromatic nitrogens is 1. The molecule has 25 heavy (non-hydrogen) atoms. The van der Waals surface area contributed by atoms with E-state index in [2.05, 4.69) is 49.3 Å². The van der Waals surface area contributed by atoms with Gasteiger partial charge in [-0.3, -0.25) is 0 Å². The molecule has 3 aliphatic carbocycles. The zero-order chi connectivity index (χ0) is 17.4. The van der Waals surface area contributed by atoms with Crippen molar-refractivity contribution in [3.8, 4) is 0 Å². The molecule has 0 saturated heterocycles. The lowest BCUT2D eigenvalue weighted by molar-refractivity contribution is 0.299. The Kier molecular flexibility index (Phi) is 4.26. The van der Waals surface area contributed by atoms with Crippen molar-refractivity contribution in [2.24, 2.45) is 0 Å². The van der Waals surface area contributed by atoms with Crippen LogP contribution in [-0.4, -0.2) is 35.3 Å². The fourth-order valence-corrected chi connectivity index (χ4v) is 4.23. The second-order valence-corrected chi connectivity index (χ2v) is 7.94. The SMILES string of the molecule is CN(C)C1(CSc2ccc3ccccc3n2)CC1.Fc1cc2ccc1=2. The van der Waals surface area contributed by atoms with Crippen LogP contribution in [0.25, 0.3) is 10.9 Å². The van der Waals surface area contributed by atoms with Crippen LogP contribution in [0.3, 0.4) is 0 Å². The summed E-state index contributed by atoms with van der Waals surface area (Å²) >= 11 is 1.88. The Morgan fingerprint density at radius 2 is 1.88 bits per heavy atom. The molecule has 0 atom stereocenters. The summed E-state index contributed by atoms with van der Waals surface area (Å²) in [5.41, 5.74) is 1.52. The topological polar surface area (TPSA) is 16.1 Å². The van der Waals surface area contributed by atoms with Crippen molar-refractivity contribution >= 4 is 22.7 Å². The molecule has 1 aromatic carbocycles. The van der Waals surface area contributed by atoms with Crippen LogP contribution in [0, 0.1) is 16.3 Å². The zero-order valence-corrected chi connectivity index (χ0v) is 15.3. The van der Waals surface area contributed by atoms with Gasteiger partial charge in [-0.15, -0.1) is 11.8 Å². The summed E-state index contributed by atoms with van der Waals surface area (Å²) in [6.07, 6.45) is 2.64. The first-order valence-electron chi connectivity index (χ1n) is 8.53. The molecule has 1 saturated carbocycles. The maximum Gasteiger partial charge on any atom is 0.131 e. The maximum absolute atomic E-state index is 12.0. The standard InChI is InChI=1S/C15H18N2S.C6H3F/c1-17(2)15(9-10-15)11-18-14-8-7-12-5-3-4-6-13(12)16-14;7-6-3-4-1-2-5(4)6/h3-8H,9-11H2,1-2H3;1-3H. The summed E-state index contributed by atoms with van der Waals surface area (Å²) in [7, 11) is 4.36. The number of fused-ring (bicyclic) bond motifs is 1. The first-order chi connectivity index (χ1) is 12.1. The number of rotatable bonds is 4. The number of benzene rings is 2. The highest BCUT2D eigenvalue weighted by Crippen LogP contribution is 2.43. The van der Waals surface area contributed by atoms with Gasteiger partial charge in [0.05, 0.1) is 10.5 Å². The highest BCUT2D eigenvalue weighted by Gasteiger charge is 2.44. The predicted octanol–water partition coefficient (Wildman–Crippen LogP) is 4.85. The van der Waals surface area contributed by atoms with E-state index in [-0.39, 0.29) is 5.82 Å². The molecule has 5 rings (SSSR count). The van der Waals surface area contributed by atoms with Crippen LogP contribution < -0.4 is 0 Å². The minimum Gasteiger partial charge on any atom is -0.303 e. The van der Waals surface area contributed by atoms with Gasteiger partial charge in [0.2, 0.25) is 0 Å². The Balaban J connectivity index is 0.000000185. The minimum atomic E-state index is -0.0579. The number of halogens is 1. The fourth-order valence-electron chi connectivity index (χ4n) is 2.94. The molecule has 1 fully saturated rings. The van der Waals surface area contributed by atoms with Crippen molar-refractivity contribution in [1.82, 2.24) is 9.88 Å². The van der Waals surface area contributed by atoms with Crippen molar-refractivity contribution in [3.63, 3.8) is 0 Å². The number of pyridine rings is 1. The molecule has 0 spiro atoms. The van der Waals surface area contributed by atoms with Gasteiger partial charge < -0.3 is 4.90 Å². The summed E-state index contributed by atoms with van der Waals surface area (Å²) in [6, 6.07) is 17.8. The van der Waals surface area contributed by atoms with E-state index in [0.717, 1.165) is 26.7 Å². The second kappa shape index (κ2) is 6.43. The van der Waals surface area contributed by atoms with Crippen LogP contribution in [-0.2, 0) is 0 Å². The van der Waals surface area contributed by atoms with E-state index in [1.807, 2.05) is 23.9 Å². The van der Waals surface area contributed by atoms with Gasteiger partial charge in [0, 0.05) is 21.9 Å². The molecule has 0 unspecified atom stereocenters. The first-order valence-corrected chi connectivity index (χ1v) is 9.52. The van der Waals surface area contributed by atoms with E-state index in [1.165, 1.54) is 24.3 Å². The molecule has 2 nitrogen and oxygen atoms in total. The molecule has 4 heteroatoms. The van der Waals surface area contributed by atoms with E-state index < -0.39 is 0 Å². The lowest BCUT2D eigenvalue weighted by Crippen LogP contribution is -2.32. The van der Waals surface area contributed by atoms with Crippen molar-refractivity contribution in [2.45, 2.75) is 23.4 Å². The van der Waals surface area contributed by atoms with Gasteiger partial charge in [-0.1, -0.05) is 36.4 Å². The molecular formula is C21H21FN2S.